The zero-order valence-electron chi connectivity index (χ0n) is 13.3. The molecule has 2 aromatic rings. The smallest absolute Gasteiger partial charge is 0.319 e. The summed E-state index contributed by atoms with van der Waals surface area (Å²) in [6, 6.07) is 1.78. The van der Waals surface area contributed by atoms with Crippen LogP contribution in [0, 0.1) is 0 Å². The van der Waals surface area contributed by atoms with E-state index in [0.29, 0.717) is 29.1 Å². The van der Waals surface area contributed by atoms with Crippen LogP contribution in [-0.2, 0) is 22.3 Å². The molecule has 9 heteroatoms. The number of thioether (sulfide) groups is 2. The van der Waals surface area contributed by atoms with Gasteiger partial charge in [0.25, 0.3) is 0 Å². The molecule has 0 aliphatic heterocycles. The second-order valence-electron chi connectivity index (χ2n) is 4.54. The summed E-state index contributed by atoms with van der Waals surface area (Å²) in [6.45, 7) is 4.14. The summed E-state index contributed by atoms with van der Waals surface area (Å²) in [7, 11) is 1.89. The van der Waals surface area contributed by atoms with Gasteiger partial charge in [-0.05, 0) is 19.4 Å². The van der Waals surface area contributed by atoms with E-state index < -0.39 is 0 Å². The summed E-state index contributed by atoms with van der Waals surface area (Å²) in [6.07, 6.45) is 4.09. The lowest BCUT2D eigenvalue weighted by Crippen LogP contribution is -2.20. The molecule has 0 bridgehead atoms. The Bertz CT molecular complexity index is 635. The van der Waals surface area contributed by atoms with Crippen LogP contribution < -0.4 is 0 Å². The Hall–Kier alpha value is -1.61. The number of carbonyl (C=O) groups is 1. The van der Waals surface area contributed by atoms with Gasteiger partial charge in [-0.15, -0.1) is 10.2 Å². The molecule has 0 spiro atoms. The van der Waals surface area contributed by atoms with Crippen molar-refractivity contribution in [3.63, 3.8) is 0 Å². The predicted octanol–water partition coefficient (Wildman–Crippen LogP) is 2.33. The molecule has 0 radical (unpaired) electrons. The molecule has 124 valence electrons. The minimum Gasteiger partial charge on any atom is -0.465 e. The van der Waals surface area contributed by atoms with Crippen LogP contribution in [0.5, 0.6) is 0 Å². The summed E-state index contributed by atoms with van der Waals surface area (Å²) in [4.78, 5) is 20.2. The molecule has 0 saturated carbocycles. The van der Waals surface area contributed by atoms with E-state index in [9.17, 15) is 4.79 Å². The first-order valence-corrected chi connectivity index (χ1v) is 9.13. The van der Waals surface area contributed by atoms with Gasteiger partial charge >= 0.3 is 5.97 Å². The van der Waals surface area contributed by atoms with Crippen LogP contribution in [0.15, 0.2) is 28.8 Å². The molecule has 2 heterocycles. The Morgan fingerprint density at radius 3 is 2.70 bits per heavy atom. The van der Waals surface area contributed by atoms with E-state index in [-0.39, 0.29) is 11.2 Å². The van der Waals surface area contributed by atoms with Crippen LogP contribution >= 0.6 is 23.5 Å². The fraction of sp³-hybridized carbons (Fsp3) is 0.500. The highest BCUT2D eigenvalue weighted by molar-refractivity contribution is 8.00. The SMILES string of the molecule is CCOC(=O)C(CC)Sc1nnc(CSc2ncccn2)n1C. The van der Waals surface area contributed by atoms with Gasteiger partial charge in [-0.2, -0.15) is 0 Å². The van der Waals surface area contributed by atoms with Gasteiger partial charge in [0.1, 0.15) is 11.1 Å². The lowest BCUT2D eigenvalue weighted by atomic mass is 10.3. The van der Waals surface area contributed by atoms with Gasteiger partial charge in [-0.25, -0.2) is 9.97 Å². The first-order chi connectivity index (χ1) is 11.2. The largest absolute Gasteiger partial charge is 0.465 e. The highest BCUT2D eigenvalue weighted by Crippen LogP contribution is 2.26. The quantitative estimate of drug-likeness (QED) is 0.406. The fourth-order valence-corrected chi connectivity index (χ4v) is 3.44. The van der Waals surface area contributed by atoms with Crippen molar-refractivity contribution in [3.8, 4) is 0 Å². The van der Waals surface area contributed by atoms with Crippen LogP contribution in [0.4, 0.5) is 0 Å². The van der Waals surface area contributed by atoms with Crippen LogP contribution in [0.2, 0.25) is 0 Å². The molecule has 0 N–H and O–H groups in total. The average Bonchev–Trinajstić information content (AvgIpc) is 2.92. The molecule has 0 aliphatic rings. The van der Waals surface area contributed by atoms with Crippen LogP contribution in [0.25, 0.3) is 0 Å². The molecular formula is C14H19N5O2S2. The summed E-state index contributed by atoms with van der Waals surface area (Å²) in [5.74, 6) is 1.21. The molecule has 7 nitrogen and oxygen atoms in total. The number of ether oxygens (including phenoxy) is 1. The van der Waals surface area contributed by atoms with E-state index in [4.69, 9.17) is 4.74 Å². The van der Waals surface area contributed by atoms with Gasteiger partial charge in [0.15, 0.2) is 10.3 Å². The summed E-state index contributed by atoms with van der Waals surface area (Å²) in [5, 5.41) is 9.49. The Morgan fingerprint density at radius 2 is 2.04 bits per heavy atom. The predicted molar refractivity (Wildman–Crippen MR) is 89.2 cm³/mol. The first-order valence-electron chi connectivity index (χ1n) is 7.27. The van der Waals surface area contributed by atoms with E-state index in [1.54, 1.807) is 25.4 Å². The van der Waals surface area contributed by atoms with Gasteiger partial charge in [-0.1, -0.05) is 30.4 Å². The van der Waals surface area contributed by atoms with Crippen LogP contribution in [0.1, 0.15) is 26.1 Å². The van der Waals surface area contributed by atoms with E-state index in [2.05, 4.69) is 20.2 Å². The Kier molecular flexibility index (Phi) is 6.85. The Labute approximate surface area is 143 Å². The summed E-state index contributed by atoms with van der Waals surface area (Å²) >= 11 is 2.87. The molecule has 2 aromatic heterocycles. The van der Waals surface area contributed by atoms with Crippen molar-refractivity contribution in [2.45, 2.75) is 41.6 Å². The number of nitrogens with zero attached hydrogens (tertiary/aromatic N) is 5. The third-order valence-corrected chi connectivity index (χ3v) is 5.21. The molecular weight excluding hydrogens is 334 g/mol. The Morgan fingerprint density at radius 1 is 1.30 bits per heavy atom. The van der Waals surface area contributed by atoms with E-state index in [1.165, 1.54) is 23.5 Å². The van der Waals surface area contributed by atoms with Crippen molar-refractivity contribution >= 4 is 29.5 Å². The molecule has 0 aromatic carbocycles. The first kappa shape index (κ1) is 17.7. The minimum absolute atomic E-state index is 0.211. The summed E-state index contributed by atoms with van der Waals surface area (Å²) < 4.78 is 6.97. The van der Waals surface area contributed by atoms with Crippen molar-refractivity contribution in [3.05, 3.63) is 24.3 Å². The standard InChI is InChI=1S/C14H19N5O2S2/c1-4-10(12(20)21-5-2)23-14-18-17-11(19(14)3)9-22-13-15-7-6-8-16-13/h6-8,10H,4-5,9H2,1-3H3. The van der Waals surface area contributed by atoms with E-state index in [1.807, 2.05) is 18.5 Å². The molecule has 0 fully saturated rings. The third-order valence-electron chi connectivity index (χ3n) is 2.97. The van der Waals surface area contributed by atoms with Crippen molar-refractivity contribution in [1.82, 2.24) is 24.7 Å². The maximum absolute atomic E-state index is 11.9. The van der Waals surface area contributed by atoms with E-state index >= 15 is 0 Å². The number of hydrogen-bond acceptors (Lipinski definition) is 8. The monoisotopic (exact) mass is 353 g/mol. The highest BCUT2D eigenvalue weighted by Gasteiger charge is 2.22. The normalized spacial score (nSPS) is 12.1. The number of rotatable bonds is 8. The zero-order chi connectivity index (χ0) is 16.7. The third kappa shape index (κ3) is 4.93. The van der Waals surface area contributed by atoms with Crippen molar-refractivity contribution < 1.29 is 9.53 Å². The maximum Gasteiger partial charge on any atom is 0.319 e. The van der Waals surface area contributed by atoms with Gasteiger partial charge in [-0.3, -0.25) is 4.79 Å². The van der Waals surface area contributed by atoms with Crippen molar-refractivity contribution in [2.24, 2.45) is 7.05 Å². The van der Waals surface area contributed by atoms with Crippen molar-refractivity contribution in [2.75, 3.05) is 6.61 Å². The molecule has 0 saturated heterocycles. The number of esters is 1. The van der Waals surface area contributed by atoms with Gasteiger partial charge in [0.05, 0.1) is 12.4 Å². The van der Waals surface area contributed by atoms with Gasteiger partial charge < -0.3 is 9.30 Å². The zero-order valence-corrected chi connectivity index (χ0v) is 14.9. The molecule has 1 unspecified atom stereocenters. The van der Waals surface area contributed by atoms with Gasteiger partial charge in [0.2, 0.25) is 0 Å². The lowest BCUT2D eigenvalue weighted by molar-refractivity contribution is -0.142. The second kappa shape index (κ2) is 8.88. The fourth-order valence-electron chi connectivity index (χ4n) is 1.72. The molecule has 1 atom stereocenters. The minimum atomic E-state index is -0.268. The molecule has 23 heavy (non-hydrogen) atoms. The molecule has 0 aliphatic carbocycles. The van der Waals surface area contributed by atoms with Gasteiger partial charge in [0, 0.05) is 19.4 Å². The topological polar surface area (TPSA) is 82.8 Å². The Balaban J connectivity index is 1.99. The van der Waals surface area contributed by atoms with E-state index in [0.717, 1.165) is 5.82 Å². The highest BCUT2D eigenvalue weighted by atomic mass is 32.2. The van der Waals surface area contributed by atoms with Crippen molar-refractivity contribution in [1.29, 1.82) is 0 Å². The summed E-state index contributed by atoms with van der Waals surface area (Å²) in [5.41, 5.74) is 0. The molecule has 2 rings (SSSR count). The average molecular weight is 353 g/mol. The number of aromatic nitrogens is 5. The lowest BCUT2D eigenvalue weighted by Gasteiger charge is -2.12. The maximum atomic E-state index is 11.9. The molecule has 0 amide bonds. The van der Waals surface area contributed by atoms with Crippen LogP contribution in [0.3, 0.4) is 0 Å². The number of carbonyl (C=O) groups excluding carboxylic acids is 1. The second-order valence-corrected chi connectivity index (χ2v) is 6.66. The number of hydrogen-bond donors (Lipinski definition) is 0. The van der Waals surface area contributed by atoms with Crippen LogP contribution in [-0.4, -0.2) is 42.6 Å².